The molecule has 84 valence electrons. The first-order valence-electron chi connectivity index (χ1n) is 5.55. The predicted octanol–water partition coefficient (Wildman–Crippen LogP) is 3.58. The van der Waals surface area contributed by atoms with E-state index < -0.39 is 0 Å². The van der Waals surface area contributed by atoms with Crippen molar-refractivity contribution in [3.05, 3.63) is 27.7 Å². The molecule has 0 spiro atoms. The van der Waals surface area contributed by atoms with E-state index in [4.69, 9.17) is 0 Å². The van der Waals surface area contributed by atoms with E-state index >= 15 is 0 Å². The van der Waals surface area contributed by atoms with Gasteiger partial charge in [-0.2, -0.15) is 5.10 Å². The fourth-order valence-electron chi connectivity index (χ4n) is 1.99. The molecule has 3 rings (SSSR count). The van der Waals surface area contributed by atoms with Gasteiger partial charge in [0.05, 0.1) is 5.52 Å². The van der Waals surface area contributed by atoms with Crippen LogP contribution in [0.1, 0.15) is 19.3 Å². The molecule has 0 saturated heterocycles. The van der Waals surface area contributed by atoms with Gasteiger partial charge in [-0.25, -0.2) is 4.39 Å². The molecule has 1 aromatic carbocycles. The number of benzene rings is 1. The molecule has 0 atom stereocenters. The van der Waals surface area contributed by atoms with Gasteiger partial charge in [-0.3, -0.25) is 4.68 Å². The largest absolute Gasteiger partial charge is 0.264 e. The van der Waals surface area contributed by atoms with Crippen LogP contribution in [0.2, 0.25) is 0 Å². The van der Waals surface area contributed by atoms with Crippen molar-refractivity contribution in [2.45, 2.75) is 25.8 Å². The van der Waals surface area contributed by atoms with Crippen molar-refractivity contribution in [3.63, 3.8) is 0 Å². The lowest BCUT2D eigenvalue weighted by Gasteiger charge is -2.01. The summed E-state index contributed by atoms with van der Waals surface area (Å²) in [5, 5.41) is 5.39. The predicted molar refractivity (Wildman–Crippen MR) is 69.7 cm³/mol. The van der Waals surface area contributed by atoms with Gasteiger partial charge in [0.1, 0.15) is 9.52 Å². The maximum atomic E-state index is 13.1. The van der Waals surface area contributed by atoms with Crippen LogP contribution >= 0.6 is 22.6 Å². The molecule has 1 fully saturated rings. The number of halogens is 2. The van der Waals surface area contributed by atoms with Crippen LogP contribution in [0.25, 0.3) is 10.9 Å². The van der Waals surface area contributed by atoms with Gasteiger partial charge in [0.25, 0.3) is 0 Å². The standard InChI is InChI=1S/C12H12FIN2/c13-9-3-4-11-10(7-9)12(14)15-16(11)6-5-8-1-2-8/h3-4,7-8H,1-2,5-6H2. The third kappa shape index (κ3) is 1.95. The minimum Gasteiger partial charge on any atom is -0.264 e. The highest BCUT2D eigenvalue weighted by molar-refractivity contribution is 14.1. The molecule has 0 unspecified atom stereocenters. The number of rotatable bonds is 3. The van der Waals surface area contributed by atoms with Crippen LogP contribution in [0.4, 0.5) is 4.39 Å². The Hall–Kier alpha value is -0.650. The second-order valence-corrected chi connectivity index (χ2v) is 5.43. The highest BCUT2D eigenvalue weighted by Crippen LogP contribution is 2.33. The highest BCUT2D eigenvalue weighted by atomic mass is 127. The van der Waals surface area contributed by atoms with Crippen molar-refractivity contribution in [2.75, 3.05) is 0 Å². The number of hydrogen-bond donors (Lipinski definition) is 0. The van der Waals surface area contributed by atoms with Gasteiger partial charge in [0.2, 0.25) is 0 Å². The molecule has 1 saturated carbocycles. The molecular weight excluding hydrogens is 318 g/mol. The molecule has 0 amide bonds. The summed E-state index contributed by atoms with van der Waals surface area (Å²) >= 11 is 2.17. The van der Waals surface area contributed by atoms with Crippen LogP contribution in [-0.4, -0.2) is 9.78 Å². The summed E-state index contributed by atoms with van der Waals surface area (Å²) < 4.78 is 16.0. The van der Waals surface area contributed by atoms with Crippen molar-refractivity contribution in [1.29, 1.82) is 0 Å². The Morgan fingerprint density at radius 3 is 3.00 bits per heavy atom. The van der Waals surface area contributed by atoms with Crippen LogP contribution in [0, 0.1) is 15.4 Å². The summed E-state index contributed by atoms with van der Waals surface area (Å²) in [5.41, 5.74) is 1.05. The lowest BCUT2D eigenvalue weighted by atomic mass is 10.2. The zero-order valence-corrected chi connectivity index (χ0v) is 10.9. The second kappa shape index (κ2) is 3.98. The minimum atomic E-state index is -0.188. The van der Waals surface area contributed by atoms with E-state index in [-0.39, 0.29) is 5.82 Å². The quantitative estimate of drug-likeness (QED) is 0.787. The van der Waals surface area contributed by atoms with E-state index in [1.165, 1.54) is 25.3 Å². The SMILES string of the molecule is Fc1ccc2c(c1)c(I)nn2CCC1CC1. The van der Waals surface area contributed by atoms with Crippen LogP contribution in [-0.2, 0) is 6.54 Å². The van der Waals surface area contributed by atoms with Gasteiger partial charge in [-0.15, -0.1) is 0 Å². The second-order valence-electron chi connectivity index (χ2n) is 4.41. The van der Waals surface area contributed by atoms with Crippen molar-refractivity contribution >= 4 is 33.5 Å². The van der Waals surface area contributed by atoms with Crippen LogP contribution in [0.3, 0.4) is 0 Å². The number of aromatic nitrogens is 2. The average molecular weight is 330 g/mol. The molecule has 0 bridgehead atoms. The zero-order chi connectivity index (χ0) is 11.1. The summed E-state index contributed by atoms with van der Waals surface area (Å²) in [6.07, 6.45) is 3.93. The van der Waals surface area contributed by atoms with Gasteiger partial charge in [0, 0.05) is 11.9 Å². The molecule has 1 heterocycles. The van der Waals surface area contributed by atoms with E-state index in [9.17, 15) is 4.39 Å². The van der Waals surface area contributed by atoms with Gasteiger partial charge in [0.15, 0.2) is 0 Å². The molecule has 1 aliphatic rings. The summed E-state index contributed by atoms with van der Waals surface area (Å²) in [4.78, 5) is 0. The average Bonchev–Trinajstić information content (AvgIpc) is 3.03. The summed E-state index contributed by atoms with van der Waals surface area (Å²) in [7, 11) is 0. The van der Waals surface area contributed by atoms with Crippen LogP contribution in [0.5, 0.6) is 0 Å². The van der Waals surface area contributed by atoms with Crippen molar-refractivity contribution in [2.24, 2.45) is 5.92 Å². The smallest absolute Gasteiger partial charge is 0.131 e. The fraction of sp³-hybridized carbons (Fsp3) is 0.417. The number of fused-ring (bicyclic) bond motifs is 1. The lowest BCUT2D eigenvalue weighted by molar-refractivity contribution is 0.558. The maximum Gasteiger partial charge on any atom is 0.131 e. The monoisotopic (exact) mass is 330 g/mol. The molecule has 2 aromatic rings. The first-order valence-corrected chi connectivity index (χ1v) is 6.63. The van der Waals surface area contributed by atoms with Gasteiger partial charge in [-0.05, 0) is 53.1 Å². The van der Waals surface area contributed by atoms with Crippen molar-refractivity contribution < 1.29 is 4.39 Å². The summed E-state index contributed by atoms with van der Waals surface area (Å²) in [6, 6.07) is 4.90. The minimum absolute atomic E-state index is 0.188. The molecule has 4 heteroatoms. The third-order valence-electron chi connectivity index (χ3n) is 3.11. The van der Waals surface area contributed by atoms with Crippen LogP contribution < -0.4 is 0 Å². The lowest BCUT2D eigenvalue weighted by Crippen LogP contribution is -2.00. The zero-order valence-electron chi connectivity index (χ0n) is 8.79. The third-order valence-corrected chi connectivity index (χ3v) is 3.91. The summed E-state index contributed by atoms with van der Waals surface area (Å²) in [5.74, 6) is 0.713. The molecule has 1 aliphatic carbocycles. The first kappa shape index (κ1) is 10.5. The Morgan fingerprint density at radius 1 is 1.44 bits per heavy atom. The van der Waals surface area contributed by atoms with Crippen molar-refractivity contribution in [1.82, 2.24) is 9.78 Å². The van der Waals surface area contributed by atoms with Crippen LogP contribution in [0.15, 0.2) is 18.2 Å². The van der Waals surface area contributed by atoms with E-state index in [1.807, 2.05) is 10.7 Å². The van der Waals surface area contributed by atoms with Crippen molar-refractivity contribution in [3.8, 4) is 0 Å². The van der Waals surface area contributed by atoms with Gasteiger partial charge < -0.3 is 0 Å². The van der Waals surface area contributed by atoms with Gasteiger partial charge in [-0.1, -0.05) is 12.8 Å². The summed E-state index contributed by atoms with van der Waals surface area (Å²) in [6.45, 7) is 0.954. The fourth-order valence-corrected chi connectivity index (χ4v) is 2.69. The Morgan fingerprint density at radius 2 is 2.25 bits per heavy atom. The first-order chi connectivity index (χ1) is 7.74. The normalized spacial score (nSPS) is 15.9. The van der Waals surface area contributed by atoms with E-state index in [0.29, 0.717) is 0 Å². The number of hydrogen-bond acceptors (Lipinski definition) is 1. The molecular formula is C12H12FIN2. The Kier molecular flexibility index (Phi) is 2.61. The Labute approximate surface area is 107 Å². The van der Waals surface area contributed by atoms with E-state index in [2.05, 4.69) is 27.7 Å². The topological polar surface area (TPSA) is 17.8 Å². The van der Waals surface area contributed by atoms with E-state index in [0.717, 1.165) is 27.1 Å². The molecule has 0 radical (unpaired) electrons. The molecule has 0 N–H and O–H groups in total. The molecule has 1 aromatic heterocycles. The van der Waals surface area contributed by atoms with Gasteiger partial charge >= 0.3 is 0 Å². The number of aryl methyl sites for hydroxylation is 1. The molecule has 16 heavy (non-hydrogen) atoms. The Balaban J connectivity index is 1.97. The molecule has 0 aliphatic heterocycles. The maximum absolute atomic E-state index is 13.1. The van der Waals surface area contributed by atoms with E-state index in [1.54, 1.807) is 6.07 Å². The highest BCUT2D eigenvalue weighted by Gasteiger charge is 2.21. The number of nitrogens with zero attached hydrogens (tertiary/aromatic N) is 2. The molecule has 2 nitrogen and oxygen atoms in total. The Bertz CT molecular complexity index is 531.